The Hall–Kier alpha value is -1.54. The molecule has 49 heavy (non-hydrogen) atoms. The molecule has 2 aromatic rings. The zero-order valence-electron chi connectivity index (χ0n) is 32.8. The second-order valence-electron chi connectivity index (χ2n) is 18.2. The van der Waals surface area contributed by atoms with Crippen molar-refractivity contribution in [2.75, 3.05) is 0 Å². The van der Waals surface area contributed by atoms with Crippen LogP contribution < -0.4 is 10.6 Å². The number of rotatable bonds is 14. The van der Waals surface area contributed by atoms with Crippen LogP contribution in [0, 0.1) is 17.8 Å². The average Bonchev–Trinajstić information content (AvgIpc) is 3.48. The van der Waals surface area contributed by atoms with E-state index in [9.17, 15) is 0 Å². The Kier molecular flexibility index (Phi) is 12.5. The molecule has 4 rings (SSSR count). The van der Waals surface area contributed by atoms with Gasteiger partial charge in [0.1, 0.15) is 0 Å². The van der Waals surface area contributed by atoms with Gasteiger partial charge in [0.15, 0.2) is 16.6 Å². The quantitative estimate of drug-likeness (QED) is 0.111. The van der Waals surface area contributed by atoms with Crippen LogP contribution in [-0.4, -0.2) is 34.4 Å². The van der Waals surface area contributed by atoms with E-state index in [4.69, 9.17) is 13.4 Å². The summed E-state index contributed by atoms with van der Waals surface area (Å²) in [5.74, 6) is 0.750. The van der Waals surface area contributed by atoms with Crippen LogP contribution in [0.25, 0.3) is 0 Å². The van der Waals surface area contributed by atoms with Gasteiger partial charge in [0.2, 0.25) is 0 Å². The fourth-order valence-electron chi connectivity index (χ4n) is 7.29. The van der Waals surface area contributed by atoms with Gasteiger partial charge in [-0.3, -0.25) is 4.57 Å². The second-order valence-corrected chi connectivity index (χ2v) is 30.0. The molecule has 0 aliphatic heterocycles. The molecule has 0 saturated heterocycles. The lowest BCUT2D eigenvalue weighted by Gasteiger charge is -2.44. The van der Waals surface area contributed by atoms with Crippen molar-refractivity contribution >= 4 is 34.6 Å². The molecular formula is C42H67O4PSi2. The first-order chi connectivity index (χ1) is 22.6. The summed E-state index contributed by atoms with van der Waals surface area (Å²) in [6.07, 6.45) is 10.7. The monoisotopic (exact) mass is 722 g/mol. The number of fused-ring (bicyclic) bond motifs is 1. The van der Waals surface area contributed by atoms with Crippen molar-refractivity contribution in [2.24, 2.45) is 17.8 Å². The van der Waals surface area contributed by atoms with Gasteiger partial charge >= 0.3 is 0 Å². The maximum atomic E-state index is 15.1. The van der Waals surface area contributed by atoms with Crippen LogP contribution in [0.1, 0.15) is 93.9 Å². The van der Waals surface area contributed by atoms with E-state index in [0.717, 1.165) is 54.7 Å². The Morgan fingerprint density at radius 2 is 1.37 bits per heavy atom. The van der Waals surface area contributed by atoms with Gasteiger partial charge < -0.3 is 13.4 Å². The fraction of sp³-hybridized carbons (Fsp3) is 0.619. The van der Waals surface area contributed by atoms with E-state index in [-0.39, 0.29) is 39.7 Å². The Morgan fingerprint density at radius 1 is 0.837 bits per heavy atom. The Morgan fingerprint density at radius 3 is 1.86 bits per heavy atom. The molecule has 0 heterocycles. The molecule has 6 atom stereocenters. The van der Waals surface area contributed by atoms with Gasteiger partial charge in [-0.15, -0.1) is 0 Å². The molecule has 2 aliphatic rings. The van der Waals surface area contributed by atoms with E-state index in [2.05, 4.69) is 100 Å². The lowest BCUT2D eigenvalue weighted by atomic mass is 9.89. The van der Waals surface area contributed by atoms with Gasteiger partial charge in [0.05, 0.1) is 17.8 Å². The molecule has 272 valence electrons. The van der Waals surface area contributed by atoms with E-state index >= 15 is 4.57 Å². The predicted molar refractivity (Wildman–Crippen MR) is 216 cm³/mol. The van der Waals surface area contributed by atoms with Crippen molar-refractivity contribution < 1.29 is 17.9 Å². The first-order valence-electron chi connectivity index (χ1n) is 18.8. The zero-order chi connectivity index (χ0) is 36.5. The summed E-state index contributed by atoms with van der Waals surface area (Å²) in [4.78, 5) is 0. The largest absolute Gasteiger partial charge is 0.413 e. The van der Waals surface area contributed by atoms with E-state index in [1.807, 2.05) is 60.7 Å². The molecule has 2 aliphatic carbocycles. The molecule has 2 aromatic carbocycles. The molecule has 4 nitrogen and oxygen atoms in total. The Balaban J connectivity index is 1.68. The lowest BCUT2D eigenvalue weighted by Crippen LogP contribution is -2.48. The van der Waals surface area contributed by atoms with Crippen LogP contribution in [0.2, 0.25) is 36.3 Å². The molecule has 0 amide bonds. The van der Waals surface area contributed by atoms with Crippen LogP contribution in [0.4, 0.5) is 0 Å². The topological polar surface area (TPSA) is 44.8 Å². The molecule has 0 aromatic heterocycles. The highest BCUT2D eigenvalue weighted by atomic mass is 31.2. The van der Waals surface area contributed by atoms with Crippen molar-refractivity contribution in [3.05, 3.63) is 85.0 Å². The maximum absolute atomic E-state index is 15.1. The van der Waals surface area contributed by atoms with E-state index < -0.39 is 24.0 Å². The minimum absolute atomic E-state index is 0.0855. The highest BCUT2D eigenvalue weighted by Crippen LogP contribution is 2.58. The van der Waals surface area contributed by atoms with Gasteiger partial charge in [0.25, 0.3) is 7.37 Å². The van der Waals surface area contributed by atoms with Crippen molar-refractivity contribution in [2.45, 2.75) is 148 Å². The van der Waals surface area contributed by atoms with Crippen LogP contribution in [0.3, 0.4) is 0 Å². The summed E-state index contributed by atoms with van der Waals surface area (Å²) in [5, 5.41) is 1.72. The highest BCUT2D eigenvalue weighted by molar-refractivity contribution is 7.74. The summed E-state index contributed by atoms with van der Waals surface area (Å²) in [6, 6.07) is 19.5. The SMILES string of the molecule is C=C1C[C@@H]2[C@H](/C=C/CC(C)(CCCC)O[Si](C)(C)C(C)(C)C)[C@H](O[Si](C)(C)C(C)(C)C)C[C@@H]2C1OP(=O)(c1ccccc1)c1ccccc1. The van der Waals surface area contributed by atoms with Crippen LogP contribution in [-0.2, 0) is 17.9 Å². The minimum Gasteiger partial charge on any atom is -0.413 e. The number of unbranched alkanes of at least 4 members (excludes halogenated alkanes) is 1. The molecular weight excluding hydrogens is 656 g/mol. The number of hydrogen-bond donors (Lipinski definition) is 0. The summed E-state index contributed by atoms with van der Waals surface area (Å²) in [5.41, 5.74) is 0.854. The summed E-state index contributed by atoms with van der Waals surface area (Å²) >= 11 is 0. The van der Waals surface area contributed by atoms with E-state index in [1.54, 1.807) is 0 Å². The molecule has 7 heteroatoms. The molecule has 2 saturated carbocycles. The molecule has 2 unspecified atom stereocenters. The van der Waals surface area contributed by atoms with Crippen LogP contribution in [0.15, 0.2) is 85.0 Å². The van der Waals surface area contributed by atoms with E-state index in [1.165, 1.54) is 0 Å². The number of hydrogen-bond acceptors (Lipinski definition) is 4. The molecule has 0 radical (unpaired) electrons. The predicted octanol–water partition coefficient (Wildman–Crippen LogP) is 11.8. The summed E-state index contributed by atoms with van der Waals surface area (Å²) in [6.45, 7) is 32.6. The zero-order valence-corrected chi connectivity index (χ0v) is 35.7. The third kappa shape index (κ3) is 9.10. The molecule has 0 spiro atoms. The Bertz CT molecular complexity index is 1430. The molecule has 0 N–H and O–H groups in total. The first kappa shape index (κ1) is 40.2. The van der Waals surface area contributed by atoms with Gasteiger partial charge in [-0.1, -0.05) is 116 Å². The van der Waals surface area contributed by atoms with Crippen molar-refractivity contribution in [3.63, 3.8) is 0 Å². The average molecular weight is 723 g/mol. The van der Waals surface area contributed by atoms with Gasteiger partial charge in [0, 0.05) is 16.5 Å². The smallest absolute Gasteiger partial charge is 0.261 e. The molecule has 2 fully saturated rings. The Labute approximate surface area is 302 Å². The maximum Gasteiger partial charge on any atom is 0.261 e. The normalized spacial score (nSPS) is 25.1. The minimum atomic E-state index is -3.38. The van der Waals surface area contributed by atoms with Crippen LogP contribution in [0.5, 0.6) is 0 Å². The molecule has 0 bridgehead atoms. The number of benzene rings is 2. The standard InChI is InChI=1S/C42H67O4PSi2/c1-14-15-28-42(9,46-49(12,13)41(6,7)8)29-22-27-35-36-30-32(2)39(37(36)31-38(35)45-48(10,11)40(3,4)5)44-47(43,33-23-18-16-19-24-33)34-25-20-17-21-26-34/h16-27,35-39H,2,14-15,28-31H2,1,3-13H3/b27-22+/t35-,36+,37-,38+,39?,42?/m0/s1. The second kappa shape index (κ2) is 15.2. The highest BCUT2D eigenvalue weighted by Gasteiger charge is 2.55. The van der Waals surface area contributed by atoms with Gasteiger partial charge in [-0.25, -0.2) is 0 Å². The third-order valence-corrected chi connectivity index (χ3v) is 23.8. The summed E-state index contributed by atoms with van der Waals surface area (Å²) in [7, 11) is -7.41. The van der Waals surface area contributed by atoms with Crippen molar-refractivity contribution in [1.82, 2.24) is 0 Å². The van der Waals surface area contributed by atoms with Crippen LogP contribution >= 0.6 is 7.37 Å². The fourth-order valence-corrected chi connectivity index (χ4v) is 12.7. The van der Waals surface area contributed by atoms with Crippen molar-refractivity contribution in [1.29, 1.82) is 0 Å². The summed E-state index contributed by atoms with van der Waals surface area (Å²) < 4.78 is 36.5. The first-order valence-corrected chi connectivity index (χ1v) is 26.2. The van der Waals surface area contributed by atoms with E-state index in [0.29, 0.717) is 5.92 Å². The lowest BCUT2D eigenvalue weighted by molar-refractivity contribution is 0.0631. The van der Waals surface area contributed by atoms with Crippen molar-refractivity contribution in [3.8, 4) is 0 Å². The van der Waals surface area contributed by atoms with Gasteiger partial charge in [-0.05, 0) is 111 Å². The van der Waals surface area contributed by atoms with Gasteiger partial charge in [-0.2, -0.15) is 0 Å². The third-order valence-electron chi connectivity index (χ3n) is 12.2.